The van der Waals surface area contributed by atoms with E-state index in [0.29, 0.717) is 34.1 Å². The molecule has 4 aromatic rings. The lowest BCUT2D eigenvalue weighted by Gasteiger charge is -2.03. The highest BCUT2D eigenvalue weighted by atomic mass is 16.7. The Morgan fingerprint density at radius 3 is 2.92 bits per heavy atom. The topological polar surface area (TPSA) is 92.3 Å². The van der Waals surface area contributed by atoms with Crippen molar-refractivity contribution in [3.05, 3.63) is 65.0 Å². The average Bonchev–Trinajstić information content (AvgIpc) is 3.33. The van der Waals surface area contributed by atoms with E-state index in [2.05, 4.69) is 15.1 Å². The lowest BCUT2D eigenvalue weighted by Crippen LogP contribution is -2.21. The van der Waals surface area contributed by atoms with E-state index in [0.717, 1.165) is 5.56 Å². The number of ether oxygens (including phenoxy) is 2. The van der Waals surface area contributed by atoms with Crippen molar-refractivity contribution in [2.45, 2.75) is 6.54 Å². The zero-order valence-corrected chi connectivity index (χ0v) is 13.5. The smallest absolute Gasteiger partial charge is 0.261 e. The third-order valence-corrected chi connectivity index (χ3v) is 4.14. The van der Waals surface area contributed by atoms with Crippen molar-refractivity contribution >= 4 is 10.9 Å². The fourth-order valence-corrected chi connectivity index (χ4v) is 2.84. The molecule has 0 bridgehead atoms. The summed E-state index contributed by atoms with van der Waals surface area (Å²) in [6.45, 7) is 0.350. The molecule has 0 saturated heterocycles. The van der Waals surface area contributed by atoms with Gasteiger partial charge in [0.2, 0.25) is 18.5 Å². The highest BCUT2D eigenvalue weighted by Crippen LogP contribution is 2.35. The molecule has 0 amide bonds. The Kier molecular flexibility index (Phi) is 3.21. The molecular weight excluding hydrogens is 336 g/mol. The molecule has 3 heterocycles. The molecule has 0 saturated carbocycles. The minimum atomic E-state index is -0.154. The second kappa shape index (κ2) is 5.69. The van der Waals surface area contributed by atoms with Crippen molar-refractivity contribution in [3.8, 4) is 22.9 Å². The molecule has 0 N–H and O–H groups in total. The van der Waals surface area contributed by atoms with Crippen molar-refractivity contribution < 1.29 is 14.0 Å². The molecule has 2 aromatic heterocycles. The first-order chi connectivity index (χ1) is 12.8. The Balaban J connectivity index is 1.46. The van der Waals surface area contributed by atoms with E-state index in [1.807, 2.05) is 12.1 Å². The number of rotatable bonds is 3. The monoisotopic (exact) mass is 348 g/mol. The van der Waals surface area contributed by atoms with Gasteiger partial charge in [-0.3, -0.25) is 9.36 Å². The third-order valence-electron chi connectivity index (χ3n) is 4.14. The molecule has 5 rings (SSSR count). The molecule has 0 atom stereocenters. The van der Waals surface area contributed by atoms with Crippen molar-refractivity contribution in [2.75, 3.05) is 6.79 Å². The Hall–Kier alpha value is -3.68. The van der Waals surface area contributed by atoms with Gasteiger partial charge in [-0.1, -0.05) is 17.3 Å². The molecule has 0 aliphatic carbocycles. The standard InChI is InChI=1S/C18H12N4O4/c23-18-12-3-1-2-4-13(12)19-9-22(18)8-16-20-17(21-26-16)11-5-6-14-15(7-11)25-10-24-14/h1-7,9H,8,10H2. The number of benzene rings is 2. The van der Waals surface area contributed by atoms with Crippen LogP contribution in [0.4, 0.5) is 0 Å². The van der Waals surface area contributed by atoms with Crippen LogP contribution in [0.5, 0.6) is 11.5 Å². The van der Waals surface area contributed by atoms with Gasteiger partial charge in [-0.25, -0.2) is 4.98 Å². The zero-order chi connectivity index (χ0) is 17.5. The number of aromatic nitrogens is 4. The summed E-state index contributed by atoms with van der Waals surface area (Å²) in [6.07, 6.45) is 1.48. The number of hydrogen-bond donors (Lipinski definition) is 0. The van der Waals surface area contributed by atoms with Crippen molar-refractivity contribution in [1.29, 1.82) is 0 Å². The quantitative estimate of drug-likeness (QED) is 0.560. The minimum absolute atomic E-state index is 0.147. The second-order valence-corrected chi connectivity index (χ2v) is 5.77. The van der Waals surface area contributed by atoms with Crippen LogP contribution in [-0.4, -0.2) is 26.5 Å². The molecule has 0 radical (unpaired) electrons. The Morgan fingerprint density at radius 2 is 1.96 bits per heavy atom. The summed E-state index contributed by atoms with van der Waals surface area (Å²) in [4.78, 5) is 21.2. The highest BCUT2D eigenvalue weighted by Gasteiger charge is 2.17. The van der Waals surface area contributed by atoms with Crippen LogP contribution in [0.25, 0.3) is 22.3 Å². The van der Waals surface area contributed by atoms with Crippen molar-refractivity contribution in [2.24, 2.45) is 0 Å². The van der Waals surface area contributed by atoms with Crippen LogP contribution >= 0.6 is 0 Å². The summed E-state index contributed by atoms with van der Waals surface area (Å²) < 4.78 is 17.4. The molecule has 8 nitrogen and oxygen atoms in total. The lowest BCUT2D eigenvalue weighted by molar-refractivity contribution is 0.174. The number of fused-ring (bicyclic) bond motifs is 2. The van der Waals surface area contributed by atoms with Gasteiger partial charge in [0.1, 0.15) is 6.54 Å². The fourth-order valence-electron chi connectivity index (χ4n) is 2.84. The van der Waals surface area contributed by atoms with E-state index in [9.17, 15) is 4.79 Å². The largest absolute Gasteiger partial charge is 0.454 e. The molecule has 0 unspecified atom stereocenters. The van der Waals surface area contributed by atoms with E-state index in [4.69, 9.17) is 14.0 Å². The summed E-state index contributed by atoms with van der Waals surface area (Å²) in [5.41, 5.74) is 1.24. The van der Waals surface area contributed by atoms with Crippen LogP contribution in [-0.2, 0) is 6.54 Å². The Labute approximate surface area is 146 Å². The second-order valence-electron chi connectivity index (χ2n) is 5.77. The zero-order valence-electron chi connectivity index (χ0n) is 13.5. The van der Waals surface area contributed by atoms with Crippen LogP contribution in [0, 0.1) is 0 Å². The maximum atomic E-state index is 12.5. The normalized spacial score (nSPS) is 12.6. The van der Waals surface area contributed by atoms with Gasteiger partial charge in [-0.05, 0) is 30.3 Å². The lowest BCUT2D eigenvalue weighted by atomic mass is 10.2. The van der Waals surface area contributed by atoms with Gasteiger partial charge in [0.15, 0.2) is 11.5 Å². The van der Waals surface area contributed by atoms with Gasteiger partial charge in [0.05, 0.1) is 17.2 Å². The van der Waals surface area contributed by atoms with E-state index in [1.54, 1.807) is 30.3 Å². The van der Waals surface area contributed by atoms with Crippen molar-refractivity contribution in [1.82, 2.24) is 19.7 Å². The summed E-state index contributed by atoms with van der Waals surface area (Å²) in [6, 6.07) is 12.6. The first-order valence-corrected chi connectivity index (χ1v) is 7.95. The van der Waals surface area contributed by atoms with Crippen LogP contribution in [0.1, 0.15) is 5.89 Å². The maximum absolute atomic E-state index is 12.5. The SMILES string of the molecule is O=c1c2ccccc2ncn1Cc1nc(-c2ccc3c(c2)OCO3)no1. The van der Waals surface area contributed by atoms with Gasteiger partial charge >= 0.3 is 0 Å². The summed E-state index contributed by atoms with van der Waals surface area (Å²) in [5.74, 6) is 2.06. The third kappa shape index (κ3) is 2.39. The van der Waals surface area contributed by atoms with Crippen LogP contribution in [0.2, 0.25) is 0 Å². The molecule has 8 heteroatoms. The average molecular weight is 348 g/mol. The summed E-state index contributed by atoms with van der Waals surface area (Å²) in [7, 11) is 0. The molecule has 1 aliphatic heterocycles. The van der Waals surface area contributed by atoms with Gasteiger partial charge in [-0.15, -0.1) is 0 Å². The predicted octanol–water partition coefficient (Wildman–Crippen LogP) is 2.22. The predicted molar refractivity (Wildman–Crippen MR) is 91.0 cm³/mol. The molecule has 1 aliphatic rings. The molecular formula is C18H12N4O4. The fraction of sp³-hybridized carbons (Fsp3) is 0.111. The Morgan fingerprint density at radius 1 is 1.08 bits per heavy atom. The first-order valence-electron chi connectivity index (χ1n) is 7.95. The highest BCUT2D eigenvalue weighted by molar-refractivity contribution is 5.76. The van der Waals surface area contributed by atoms with E-state index >= 15 is 0 Å². The molecule has 0 fully saturated rings. The number of para-hydroxylation sites is 1. The van der Waals surface area contributed by atoms with Gasteiger partial charge in [0.25, 0.3) is 5.56 Å². The van der Waals surface area contributed by atoms with Crippen LogP contribution in [0.3, 0.4) is 0 Å². The molecule has 128 valence electrons. The van der Waals surface area contributed by atoms with Gasteiger partial charge in [-0.2, -0.15) is 4.98 Å². The summed E-state index contributed by atoms with van der Waals surface area (Å²) >= 11 is 0. The number of hydrogen-bond acceptors (Lipinski definition) is 7. The van der Waals surface area contributed by atoms with Crippen molar-refractivity contribution in [3.63, 3.8) is 0 Å². The molecule has 0 spiro atoms. The minimum Gasteiger partial charge on any atom is -0.454 e. The molecule has 2 aromatic carbocycles. The molecule has 26 heavy (non-hydrogen) atoms. The van der Waals surface area contributed by atoms with Gasteiger partial charge < -0.3 is 14.0 Å². The van der Waals surface area contributed by atoms with E-state index < -0.39 is 0 Å². The number of nitrogens with zero attached hydrogens (tertiary/aromatic N) is 4. The van der Waals surface area contributed by atoms with Crippen LogP contribution < -0.4 is 15.0 Å². The summed E-state index contributed by atoms with van der Waals surface area (Å²) in [5, 5.41) is 4.53. The van der Waals surface area contributed by atoms with E-state index in [1.165, 1.54) is 10.9 Å². The Bertz CT molecular complexity index is 1180. The van der Waals surface area contributed by atoms with E-state index in [-0.39, 0.29) is 18.9 Å². The maximum Gasteiger partial charge on any atom is 0.261 e. The first kappa shape index (κ1) is 14.6. The van der Waals surface area contributed by atoms with Gasteiger partial charge in [0, 0.05) is 5.56 Å². The van der Waals surface area contributed by atoms with Crippen LogP contribution in [0.15, 0.2) is 58.1 Å².